The van der Waals surface area contributed by atoms with Crippen LogP contribution >= 0.6 is 0 Å². The molecule has 0 aliphatic carbocycles. The molecule has 3 rings (SSSR count). The van der Waals surface area contributed by atoms with Crippen molar-refractivity contribution in [1.82, 2.24) is 5.32 Å². The molecule has 0 amide bonds. The summed E-state index contributed by atoms with van der Waals surface area (Å²) >= 11 is 0. The second-order valence-electron chi connectivity index (χ2n) is 5.39. The van der Waals surface area contributed by atoms with Crippen LogP contribution < -0.4 is 15.5 Å². The Balaban J connectivity index is 1.74. The van der Waals surface area contributed by atoms with E-state index in [1.807, 2.05) is 18.2 Å². The van der Waals surface area contributed by atoms with Crippen LogP contribution in [0.1, 0.15) is 5.56 Å². The van der Waals surface area contributed by atoms with E-state index >= 15 is 0 Å². The van der Waals surface area contributed by atoms with Gasteiger partial charge in [-0.3, -0.25) is 0 Å². The molecule has 3 nitrogen and oxygen atoms in total. The summed E-state index contributed by atoms with van der Waals surface area (Å²) < 4.78 is 26.5. The number of hydrogen-bond donors (Lipinski definition) is 2. The fourth-order valence-corrected chi connectivity index (χ4v) is 2.71. The van der Waals surface area contributed by atoms with Gasteiger partial charge in [0, 0.05) is 38.8 Å². The van der Waals surface area contributed by atoms with Crippen molar-refractivity contribution in [2.24, 2.45) is 0 Å². The lowest BCUT2D eigenvalue weighted by molar-refractivity contribution is 0.580. The minimum absolute atomic E-state index is 0.387. The second-order valence-corrected chi connectivity index (χ2v) is 5.39. The van der Waals surface area contributed by atoms with Crippen LogP contribution in [0.3, 0.4) is 0 Å². The number of piperazine rings is 1. The summed E-state index contributed by atoms with van der Waals surface area (Å²) in [5.41, 5.74) is 2.70. The Hall–Kier alpha value is -2.14. The van der Waals surface area contributed by atoms with E-state index in [-0.39, 0.29) is 0 Å². The van der Waals surface area contributed by atoms with Crippen molar-refractivity contribution in [3.05, 3.63) is 59.7 Å². The first kappa shape index (κ1) is 14.8. The molecule has 2 aromatic carbocycles. The third kappa shape index (κ3) is 3.54. The third-order valence-corrected chi connectivity index (χ3v) is 3.77. The standard InChI is InChI=1S/C17H19F2N3/c18-14-9-13(10-15(19)11-14)12-21-16-3-1-2-4-17(16)22-7-5-20-6-8-22/h1-4,9-11,20-21H,5-8,12H2. The Kier molecular flexibility index (Phi) is 4.53. The summed E-state index contributed by atoms with van der Waals surface area (Å²) in [7, 11) is 0. The third-order valence-electron chi connectivity index (χ3n) is 3.77. The van der Waals surface area contributed by atoms with E-state index < -0.39 is 11.6 Å². The number of benzene rings is 2. The van der Waals surface area contributed by atoms with Crippen molar-refractivity contribution in [3.8, 4) is 0 Å². The highest BCUT2D eigenvalue weighted by atomic mass is 19.1. The molecule has 5 heteroatoms. The first-order valence-electron chi connectivity index (χ1n) is 7.46. The topological polar surface area (TPSA) is 27.3 Å². The van der Waals surface area contributed by atoms with Crippen LogP contribution in [-0.4, -0.2) is 26.2 Å². The van der Waals surface area contributed by atoms with E-state index in [2.05, 4.69) is 21.6 Å². The van der Waals surface area contributed by atoms with Gasteiger partial charge in [0.25, 0.3) is 0 Å². The Morgan fingerprint density at radius 3 is 2.41 bits per heavy atom. The van der Waals surface area contributed by atoms with Gasteiger partial charge in [0.1, 0.15) is 11.6 Å². The summed E-state index contributed by atoms with van der Waals surface area (Å²) in [6.45, 7) is 4.21. The van der Waals surface area contributed by atoms with E-state index in [0.717, 1.165) is 43.6 Å². The lowest BCUT2D eigenvalue weighted by Gasteiger charge is -2.31. The van der Waals surface area contributed by atoms with E-state index in [0.29, 0.717) is 12.1 Å². The van der Waals surface area contributed by atoms with E-state index in [9.17, 15) is 8.78 Å². The van der Waals surface area contributed by atoms with Gasteiger partial charge in [-0.2, -0.15) is 0 Å². The Morgan fingerprint density at radius 1 is 1.00 bits per heavy atom. The zero-order valence-corrected chi connectivity index (χ0v) is 12.3. The molecule has 0 unspecified atom stereocenters. The quantitative estimate of drug-likeness (QED) is 0.909. The number of para-hydroxylation sites is 2. The maximum atomic E-state index is 13.2. The lowest BCUT2D eigenvalue weighted by atomic mass is 10.2. The van der Waals surface area contributed by atoms with Crippen LogP contribution in [0.2, 0.25) is 0 Å². The maximum Gasteiger partial charge on any atom is 0.126 e. The van der Waals surface area contributed by atoms with Gasteiger partial charge in [-0.15, -0.1) is 0 Å². The van der Waals surface area contributed by atoms with Gasteiger partial charge in [-0.05, 0) is 29.8 Å². The highest BCUT2D eigenvalue weighted by molar-refractivity contribution is 5.70. The number of anilines is 2. The average Bonchev–Trinajstić information content (AvgIpc) is 2.53. The number of nitrogens with zero attached hydrogens (tertiary/aromatic N) is 1. The van der Waals surface area contributed by atoms with Crippen molar-refractivity contribution in [2.75, 3.05) is 36.4 Å². The number of rotatable bonds is 4. The van der Waals surface area contributed by atoms with E-state index in [4.69, 9.17) is 0 Å². The Labute approximate surface area is 128 Å². The van der Waals surface area contributed by atoms with Crippen LogP contribution in [0, 0.1) is 11.6 Å². The zero-order chi connectivity index (χ0) is 15.4. The normalized spacial score (nSPS) is 14.9. The molecule has 116 valence electrons. The molecule has 1 saturated heterocycles. The van der Waals surface area contributed by atoms with Gasteiger partial charge in [0.05, 0.1) is 11.4 Å². The summed E-state index contributed by atoms with van der Waals surface area (Å²) in [6, 6.07) is 11.6. The SMILES string of the molecule is Fc1cc(F)cc(CNc2ccccc2N2CCNCC2)c1. The molecule has 0 spiro atoms. The van der Waals surface area contributed by atoms with Gasteiger partial charge in [0.2, 0.25) is 0 Å². The molecule has 2 aromatic rings. The molecule has 0 saturated carbocycles. The van der Waals surface area contributed by atoms with Gasteiger partial charge >= 0.3 is 0 Å². The first-order valence-corrected chi connectivity index (χ1v) is 7.46. The van der Waals surface area contributed by atoms with Crippen LogP contribution in [0.15, 0.2) is 42.5 Å². The van der Waals surface area contributed by atoms with Crippen molar-refractivity contribution in [2.45, 2.75) is 6.54 Å². The highest BCUT2D eigenvalue weighted by Crippen LogP contribution is 2.26. The van der Waals surface area contributed by atoms with E-state index in [1.165, 1.54) is 12.1 Å². The molecule has 0 radical (unpaired) electrons. The van der Waals surface area contributed by atoms with Crippen molar-refractivity contribution < 1.29 is 8.78 Å². The largest absolute Gasteiger partial charge is 0.379 e. The van der Waals surface area contributed by atoms with E-state index in [1.54, 1.807) is 0 Å². The second kappa shape index (κ2) is 6.75. The summed E-state index contributed by atoms with van der Waals surface area (Å²) in [4.78, 5) is 2.31. The minimum Gasteiger partial charge on any atom is -0.379 e. The van der Waals surface area contributed by atoms with Crippen molar-refractivity contribution in [1.29, 1.82) is 0 Å². The molecule has 1 aliphatic heterocycles. The molecule has 2 N–H and O–H groups in total. The first-order chi connectivity index (χ1) is 10.7. The lowest BCUT2D eigenvalue weighted by Crippen LogP contribution is -2.43. The monoisotopic (exact) mass is 303 g/mol. The molecule has 0 aromatic heterocycles. The smallest absolute Gasteiger partial charge is 0.126 e. The number of hydrogen-bond acceptors (Lipinski definition) is 3. The molecule has 1 heterocycles. The van der Waals surface area contributed by atoms with Crippen LogP contribution in [-0.2, 0) is 6.54 Å². The molecule has 1 fully saturated rings. The van der Waals surface area contributed by atoms with Gasteiger partial charge in [-0.1, -0.05) is 12.1 Å². The summed E-state index contributed by atoms with van der Waals surface area (Å²) in [5.74, 6) is -1.10. The summed E-state index contributed by atoms with van der Waals surface area (Å²) in [5, 5.41) is 6.61. The van der Waals surface area contributed by atoms with Gasteiger partial charge in [-0.25, -0.2) is 8.78 Å². The van der Waals surface area contributed by atoms with Crippen LogP contribution in [0.25, 0.3) is 0 Å². The predicted molar refractivity (Wildman–Crippen MR) is 85.2 cm³/mol. The number of nitrogens with one attached hydrogen (secondary N) is 2. The number of halogens is 2. The fraction of sp³-hybridized carbons (Fsp3) is 0.294. The molecule has 0 bridgehead atoms. The summed E-state index contributed by atoms with van der Waals surface area (Å²) in [6.07, 6.45) is 0. The highest BCUT2D eigenvalue weighted by Gasteiger charge is 2.13. The van der Waals surface area contributed by atoms with Gasteiger partial charge in [0.15, 0.2) is 0 Å². The zero-order valence-electron chi connectivity index (χ0n) is 12.3. The molecule has 1 aliphatic rings. The predicted octanol–water partition coefficient (Wildman–Crippen LogP) is 2.99. The van der Waals surface area contributed by atoms with Crippen molar-refractivity contribution >= 4 is 11.4 Å². The van der Waals surface area contributed by atoms with Crippen molar-refractivity contribution in [3.63, 3.8) is 0 Å². The van der Waals surface area contributed by atoms with Crippen LogP contribution in [0.4, 0.5) is 20.2 Å². The van der Waals surface area contributed by atoms with Crippen LogP contribution in [0.5, 0.6) is 0 Å². The Bertz CT molecular complexity index is 619. The fourth-order valence-electron chi connectivity index (χ4n) is 2.71. The molecular formula is C17H19F2N3. The molecule has 0 atom stereocenters. The molecule has 22 heavy (non-hydrogen) atoms. The Morgan fingerprint density at radius 2 is 1.68 bits per heavy atom. The molecular weight excluding hydrogens is 284 g/mol. The maximum absolute atomic E-state index is 13.2. The minimum atomic E-state index is -0.549. The average molecular weight is 303 g/mol. The van der Waals surface area contributed by atoms with Gasteiger partial charge < -0.3 is 15.5 Å².